The first kappa shape index (κ1) is 11.7. The van der Waals surface area contributed by atoms with E-state index in [2.05, 4.69) is 11.8 Å². The van der Waals surface area contributed by atoms with E-state index in [0.29, 0.717) is 6.61 Å². The molecule has 1 aliphatic rings. The van der Waals surface area contributed by atoms with E-state index in [1.807, 2.05) is 12.1 Å². The van der Waals surface area contributed by atoms with Gasteiger partial charge in [-0.3, -0.25) is 4.90 Å². The van der Waals surface area contributed by atoms with Crippen molar-refractivity contribution in [3.63, 3.8) is 0 Å². The Bertz CT molecular complexity index is 294. The average Bonchev–Trinajstić information content (AvgIpc) is 2.83. The predicted molar refractivity (Wildman–Crippen MR) is 63.0 cm³/mol. The quantitative estimate of drug-likeness (QED) is 0.850. The summed E-state index contributed by atoms with van der Waals surface area (Å²) >= 11 is 0. The molecular weight excluding hydrogens is 202 g/mol. The third kappa shape index (κ3) is 2.47. The maximum atomic E-state index is 9.45. The lowest BCUT2D eigenvalue weighted by Gasteiger charge is -2.39. The number of piperidine rings is 1. The summed E-state index contributed by atoms with van der Waals surface area (Å²) in [6, 6.07) is 3.96. The van der Waals surface area contributed by atoms with Gasteiger partial charge >= 0.3 is 0 Å². The van der Waals surface area contributed by atoms with E-state index in [-0.39, 0.29) is 5.41 Å². The zero-order valence-electron chi connectivity index (χ0n) is 9.98. The van der Waals surface area contributed by atoms with Crippen LogP contribution >= 0.6 is 0 Å². The molecule has 1 aromatic heterocycles. The van der Waals surface area contributed by atoms with Gasteiger partial charge in [0.05, 0.1) is 12.8 Å². The lowest BCUT2D eigenvalue weighted by molar-refractivity contribution is 0.0360. The summed E-state index contributed by atoms with van der Waals surface area (Å²) < 4.78 is 5.35. The summed E-state index contributed by atoms with van der Waals surface area (Å²) in [5.74, 6) is 1.04. The monoisotopic (exact) mass is 223 g/mol. The molecule has 16 heavy (non-hydrogen) atoms. The predicted octanol–water partition coefficient (Wildman–Crippen LogP) is 2.26. The zero-order chi connectivity index (χ0) is 11.4. The first-order valence-corrected chi connectivity index (χ1v) is 6.13. The molecule has 3 heteroatoms. The van der Waals surface area contributed by atoms with Gasteiger partial charge in [-0.2, -0.15) is 0 Å². The first-order chi connectivity index (χ1) is 7.78. The maximum Gasteiger partial charge on any atom is 0.117 e. The summed E-state index contributed by atoms with van der Waals surface area (Å²) in [6.45, 7) is 5.54. The Morgan fingerprint density at radius 2 is 2.19 bits per heavy atom. The fraction of sp³-hybridized carbons (Fsp3) is 0.692. The van der Waals surface area contributed by atoms with E-state index < -0.39 is 0 Å². The second kappa shape index (κ2) is 5.02. The van der Waals surface area contributed by atoms with Gasteiger partial charge in [-0.15, -0.1) is 0 Å². The minimum Gasteiger partial charge on any atom is -0.468 e. The van der Waals surface area contributed by atoms with Crippen LogP contribution in [0.2, 0.25) is 0 Å². The molecule has 1 saturated heterocycles. The Labute approximate surface area is 97.1 Å². The number of aliphatic hydroxyl groups excluding tert-OH is 1. The third-order valence-corrected chi connectivity index (χ3v) is 3.96. The molecule has 0 unspecified atom stereocenters. The van der Waals surface area contributed by atoms with Crippen molar-refractivity contribution in [2.45, 2.75) is 32.7 Å². The Morgan fingerprint density at radius 1 is 1.44 bits per heavy atom. The second-order valence-electron chi connectivity index (χ2n) is 4.87. The molecule has 0 saturated carbocycles. The van der Waals surface area contributed by atoms with E-state index in [1.54, 1.807) is 6.26 Å². The van der Waals surface area contributed by atoms with Crippen molar-refractivity contribution in [1.82, 2.24) is 4.90 Å². The molecule has 0 amide bonds. The molecule has 1 aromatic rings. The molecule has 0 atom stereocenters. The molecule has 1 aliphatic heterocycles. The van der Waals surface area contributed by atoms with Crippen LogP contribution in [0.1, 0.15) is 31.9 Å². The van der Waals surface area contributed by atoms with E-state index in [1.165, 1.54) is 0 Å². The van der Waals surface area contributed by atoms with E-state index in [4.69, 9.17) is 4.42 Å². The Morgan fingerprint density at radius 3 is 2.69 bits per heavy atom. The largest absolute Gasteiger partial charge is 0.468 e. The molecule has 0 aromatic carbocycles. The highest BCUT2D eigenvalue weighted by molar-refractivity contribution is 4.98. The lowest BCUT2D eigenvalue weighted by atomic mass is 9.77. The van der Waals surface area contributed by atoms with Gasteiger partial charge in [-0.1, -0.05) is 6.92 Å². The SMILES string of the molecule is CCC1(CO)CCN(Cc2ccco2)CC1. The lowest BCUT2D eigenvalue weighted by Crippen LogP contribution is -2.41. The van der Waals surface area contributed by atoms with Crippen molar-refractivity contribution in [3.05, 3.63) is 24.2 Å². The number of rotatable bonds is 4. The van der Waals surface area contributed by atoms with Crippen molar-refractivity contribution in [3.8, 4) is 0 Å². The van der Waals surface area contributed by atoms with E-state index >= 15 is 0 Å². The van der Waals surface area contributed by atoms with Crippen LogP contribution in [0.5, 0.6) is 0 Å². The highest BCUT2D eigenvalue weighted by Crippen LogP contribution is 2.34. The molecule has 1 N–H and O–H groups in total. The molecule has 1 fully saturated rings. The van der Waals surface area contributed by atoms with Crippen LogP contribution in [0.3, 0.4) is 0 Å². The molecule has 90 valence electrons. The second-order valence-corrected chi connectivity index (χ2v) is 4.87. The van der Waals surface area contributed by atoms with Gasteiger partial charge in [0.1, 0.15) is 5.76 Å². The number of hydrogen-bond donors (Lipinski definition) is 1. The number of aliphatic hydroxyl groups is 1. The van der Waals surface area contributed by atoms with Crippen LogP contribution in [0.4, 0.5) is 0 Å². The highest BCUT2D eigenvalue weighted by Gasteiger charge is 2.32. The van der Waals surface area contributed by atoms with Gasteiger partial charge in [0.25, 0.3) is 0 Å². The van der Waals surface area contributed by atoms with Gasteiger partial charge < -0.3 is 9.52 Å². The normalized spacial score (nSPS) is 21.1. The van der Waals surface area contributed by atoms with Crippen LogP contribution in [-0.4, -0.2) is 29.7 Å². The van der Waals surface area contributed by atoms with Crippen molar-refractivity contribution in [1.29, 1.82) is 0 Å². The fourth-order valence-electron chi connectivity index (χ4n) is 2.43. The first-order valence-electron chi connectivity index (χ1n) is 6.13. The Kier molecular flexibility index (Phi) is 3.66. The minimum atomic E-state index is 0.180. The summed E-state index contributed by atoms with van der Waals surface area (Å²) in [5.41, 5.74) is 0.180. The van der Waals surface area contributed by atoms with Gasteiger partial charge in [-0.25, -0.2) is 0 Å². The molecule has 2 heterocycles. The van der Waals surface area contributed by atoms with Crippen LogP contribution in [-0.2, 0) is 6.54 Å². The smallest absolute Gasteiger partial charge is 0.117 e. The van der Waals surface area contributed by atoms with Crippen LogP contribution in [0.25, 0.3) is 0 Å². The number of likely N-dealkylation sites (tertiary alicyclic amines) is 1. The maximum absolute atomic E-state index is 9.45. The molecule has 0 spiro atoms. The van der Waals surface area contributed by atoms with Gasteiger partial charge in [0, 0.05) is 6.61 Å². The molecule has 0 aliphatic carbocycles. The summed E-state index contributed by atoms with van der Waals surface area (Å²) in [7, 11) is 0. The zero-order valence-corrected chi connectivity index (χ0v) is 9.98. The van der Waals surface area contributed by atoms with Gasteiger partial charge in [0.2, 0.25) is 0 Å². The van der Waals surface area contributed by atoms with E-state index in [0.717, 1.165) is 44.7 Å². The molecule has 2 rings (SSSR count). The summed E-state index contributed by atoms with van der Waals surface area (Å²) in [4.78, 5) is 2.41. The Balaban J connectivity index is 1.85. The fourth-order valence-corrected chi connectivity index (χ4v) is 2.43. The van der Waals surface area contributed by atoms with Gasteiger partial charge in [0.15, 0.2) is 0 Å². The van der Waals surface area contributed by atoms with Crippen molar-refractivity contribution >= 4 is 0 Å². The molecule has 3 nitrogen and oxygen atoms in total. The van der Waals surface area contributed by atoms with Crippen LogP contribution in [0, 0.1) is 5.41 Å². The van der Waals surface area contributed by atoms with Gasteiger partial charge in [-0.05, 0) is 49.9 Å². The summed E-state index contributed by atoms with van der Waals surface area (Å²) in [5, 5.41) is 9.45. The van der Waals surface area contributed by atoms with Crippen LogP contribution < -0.4 is 0 Å². The molecular formula is C13H21NO2. The Hall–Kier alpha value is -0.800. The molecule has 0 radical (unpaired) electrons. The highest BCUT2D eigenvalue weighted by atomic mass is 16.3. The average molecular weight is 223 g/mol. The number of nitrogens with zero attached hydrogens (tertiary/aromatic N) is 1. The number of hydrogen-bond acceptors (Lipinski definition) is 3. The third-order valence-electron chi connectivity index (χ3n) is 3.96. The standard InChI is InChI=1S/C13H21NO2/c1-2-13(11-15)5-7-14(8-6-13)10-12-4-3-9-16-12/h3-4,9,15H,2,5-8,10-11H2,1H3. The van der Waals surface area contributed by atoms with Crippen molar-refractivity contribution in [2.75, 3.05) is 19.7 Å². The van der Waals surface area contributed by atoms with Crippen LogP contribution in [0.15, 0.2) is 22.8 Å². The van der Waals surface area contributed by atoms with Crippen molar-refractivity contribution in [2.24, 2.45) is 5.41 Å². The van der Waals surface area contributed by atoms with E-state index in [9.17, 15) is 5.11 Å². The van der Waals surface area contributed by atoms with Crippen molar-refractivity contribution < 1.29 is 9.52 Å². The number of furan rings is 1. The summed E-state index contributed by atoms with van der Waals surface area (Å²) in [6.07, 6.45) is 5.00. The topological polar surface area (TPSA) is 36.6 Å². The minimum absolute atomic E-state index is 0.180. The molecule has 0 bridgehead atoms.